The molecule has 1 unspecified atom stereocenters. The Morgan fingerprint density at radius 3 is 2.26 bits per heavy atom. The Labute approximate surface area is 228 Å². The number of rotatable bonds is 8. The summed E-state index contributed by atoms with van der Waals surface area (Å²) in [6.07, 6.45) is 0.670. The van der Waals surface area contributed by atoms with Crippen LogP contribution in [0.1, 0.15) is 40.3 Å². The topological polar surface area (TPSA) is 64.4 Å². The second-order valence-corrected chi connectivity index (χ2v) is 9.60. The maximum atomic E-state index is 14.0. The van der Waals surface area contributed by atoms with Crippen LogP contribution >= 0.6 is 0 Å². The maximum Gasteiger partial charge on any atom is 0.266 e. The molecule has 6 heteroatoms. The minimum absolute atomic E-state index is 0.109. The standard InChI is InChI=1S/C33H31N3O3/c1-23-13-15-26(16-14-23)32(37)35(22-21-25-9-5-4-6-10-25)24(2)31-34-30-12-8-7-11-29(30)33(38)36(31)27-17-19-28(39-3)20-18-27/h4-20,24H,21-22H2,1-3H3. The van der Waals surface area contributed by atoms with E-state index >= 15 is 0 Å². The number of benzene rings is 4. The fourth-order valence-electron chi connectivity index (χ4n) is 4.78. The number of hydrogen-bond donors (Lipinski definition) is 0. The summed E-state index contributed by atoms with van der Waals surface area (Å²) >= 11 is 0. The van der Waals surface area contributed by atoms with Gasteiger partial charge in [0, 0.05) is 12.1 Å². The Hall–Kier alpha value is -4.71. The van der Waals surface area contributed by atoms with Crippen LogP contribution in [-0.2, 0) is 6.42 Å². The summed E-state index contributed by atoms with van der Waals surface area (Å²) in [6, 6.07) is 31.8. The SMILES string of the molecule is COc1ccc(-n2c(C(C)N(CCc3ccccc3)C(=O)c3ccc(C)cc3)nc3ccccc3c2=O)cc1. The summed E-state index contributed by atoms with van der Waals surface area (Å²) in [4.78, 5) is 34.6. The first kappa shape index (κ1) is 25.9. The third-order valence-corrected chi connectivity index (χ3v) is 7.02. The third kappa shape index (κ3) is 5.46. The van der Waals surface area contributed by atoms with Crippen molar-refractivity contribution in [3.05, 3.63) is 136 Å². The summed E-state index contributed by atoms with van der Waals surface area (Å²) in [6.45, 7) is 4.40. The number of aromatic nitrogens is 2. The second kappa shape index (κ2) is 11.4. The summed E-state index contributed by atoms with van der Waals surface area (Å²) in [5.41, 5.74) is 3.88. The molecule has 1 amide bonds. The molecule has 0 aliphatic rings. The Morgan fingerprint density at radius 1 is 0.897 bits per heavy atom. The van der Waals surface area contributed by atoms with Gasteiger partial charge in [0.05, 0.1) is 29.7 Å². The van der Waals surface area contributed by atoms with Crippen LogP contribution in [-0.4, -0.2) is 34.0 Å². The van der Waals surface area contributed by atoms with Gasteiger partial charge in [0.25, 0.3) is 11.5 Å². The molecule has 0 aliphatic carbocycles. The van der Waals surface area contributed by atoms with E-state index in [-0.39, 0.29) is 11.5 Å². The first-order valence-corrected chi connectivity index (χ1v) is 13.0. The highest BCUT2D eigenvalue weighted by atomic mass is 16.5. The highest BCUT2D eigenvalue weighted by Crippen LogP contribution is 2.26. The number of carbonyl (C=O) groups is 1. The van der Waals surface area contributed by atoms with Crippen molar-refractivity contribution in [2.24, 2.45) is 0 Å². The van der Waals surface area contributed by atoms with E-state index in [4.69, 9.17) is 9.72 Å². The molecule has 0 bridgehead atoms. The van der Waals surface area contributed by atoms with Gasteiger partial charge in [-0.1, -0.05) is 60.2 Å². The van der Waals surface area contributed by atoms with Crippen molar-refractivity contribution in [1.29, 1.82) is 0 Å². The Balaban J connectivity index is 1.64. The third-order valence-electron chi connectivity index (χ3n) is 7.02. The molecule has 4 aromatic carbocycles. The minimum atomic E-state index is -0.498. The highest BCUT2D eigenvalue weighted by molar-refractivity contribution is 5.94. The van der Waals surface area contributed by atoms with Crippen LogP contribution in [0.4, 0.5) is 0 Å². The van der Waals surface area contributed by atoms with Crippen molar-refractivity contribution in [2.75, 3.05) is 13.7 Å². The van der Waals surface area contributed by atoms with Crippen LogP contribution in [0.3, 0.4) is 0 Å². The number of aryl methyl sites for hydroxylation is 1. The van der Waals surface area contributed by atoms with Gasteiger partial charge >= 0.3 is 0 Å². The number of para-hydroxylation sites is 1. The van der Waals surface area contributed by atoms with E-state index in [0.717, 1.165) is 11.1 Å². The van der Waals surface area contributed by atoms with Gasteiger partial charge in [-0.05, 0) is 74.4 Å². The van der Waals surface area contributed by atoms with Crippen LogP contribution < -0.4 is 10.3 Å². The maximum absolute atomic E-state index is 14.0. The van der Waals surface area contributed by atoms with Crippen molar-refractivity contribution in [3.8, 4) is 11.4 Å². The van der Waals surface area contributed by atoms with Crippen LogP contribution in [0.15, 0.2) is 108 Å². The molecular weight excluding hydrogens is 486 g/mol. The number of ether oxygens (including phenoxy) is 1. The van der Waals surface area contributed by atoms with Crippen molar-refractivity contribution in [3.63, 3.8) is 0 Å². The van der Waals surface area contributed by atoms with Crippen LogP contribution in [0.2, 0.25) is 0 Å². The molecule has 1 aromatic heterocycles. The van der Waals surface area contributed by atoms with E-state index in [1.807, 2.05) is 104 Å². The van der Waals surface area contributed by atoms with Crippen molar-refractivity contribution < 1.29 is 9.53 Å². The van der Waals surface area contributed by atoms with Crippen LogP contribution in [0.25, 0.3) is 16.6 Å². The zero-order valence-electron chi connectivity index (χ0n) is 22.4. The quantitative estimate of drug-likeness (QED) is 0.248. The molecular formula is C33H31N3O3. The van der Waals surface area contributed by atoms with E-state index in [2.05, 4.69) is 12.1 Å². The van der Waals surface area contributed by atoms with E-state index in [9.17, 15) is 9.59 Å². The van der Waals surface area contributed by atoms with Gasteiger partial charge < -0.3 is 9.64 Å². The molecule has 0 saturated carbocycles. The first-order valence-electron chi connectivity index (χ1n) is 13.0. The van der Waals surface area contributed by atoms with E-state index in [0.29, 0.717) is 46.7 Å². The zero-order valence-corrected chi connectivity index (χ0v) is 22.4. The van der Waals surface area contributed by atoms with Crippen molar-refractivity contribution >= 4 is 16.8 Å². The number of nitrogens with zero attached hydrogens (tertiary/aromatic N) is 3. The molecule has 39 heavy (non-hydrogen) atoms. The number of fused-ring (bicyclic) bond motifs is 1. The van der Waals surface area contributed by atoms with Crippen molar-refractivity contribution in [1.82, 2.24) is 14.5 Å². The molecule has 0 fully saturated rings. The molecule has 0 radical (unpaired) electrons. The number of hydrogen-bond acceptors (Lipinski definition) is 4. The number of methoxy groups -OCH3 is 1. The number of carbonyl (C=O) groups excluding carboxylic acids is 1. The first-order chi connectivity index (χ1) is 19.0. The van der Waals surface area contributed by atoms with Gasteiger partial charge in [0.1, 0.15) is 11.6 Å². The van der Waals surface area contributed by atoms with Crippen molar-refractivity contribution in [2.45, 2.75) is 26.3 Å². The smallest absolute Gasteiger partial charge is 0.266 e. The van der Waals surface area contributed by atoms with Gasteiger partial charge in [-0.2, -0.15) is 0 Å². The lowest BCUT2D eigenvalue weighted by atomic mass is 10.1. The van der Waals surface area contributed by atoms with E-state index in [1.54, 1.807) is 17.7 Å². The largest absolute Gasteiger partial charge is 0.497 e. The molecule has 5 aromatic rings. The molecule has 5 rings (SSSR count). The summed E-state index contributed by atoms with van der Waals surface area (Å²) in [5, 5.41) is 0.518. The van der Waals surface area contributed by atoms with E-state index in [1.165, 1.54) is 0 Å². The molecule has 0 aliphatic heterocycles. The Kier molecular flexibility index (Phi) is 7.55. The molecule has 6 nitrogen and oxygen atoms in total. The minimum Gasteiger partial charge on any atom is -0.497 e. The average Bonchev–Trinajstić information content (AvgIpc) is 2.98. The lowest BCUT2D eigenvalue weighted by Crippen LogP contribution is -2.38. The second-order valence-electron chi connectivity index (χ2n) is 9.60. The van der Waals surface area contributed by atoms with Gasteiger partial charge in [0.2, 0.25) is 0 Å². The van der Waals surface area contributed by atoms with Gasteiger partial charge in [0.15, 0.2) is 0 Å². The predicted octanol–water partition coefficient (Wildman–Crippen LogP) is 6.15. The fourth-order valence-corrected chi connectivity index (χ4v) is 4.78. The summed E-state index contributed by atoms with van der Waals surface area (Å²) in [7, 11) is 1.60. The predicted molar refractivity (Wildman–Crippen MR) is 155 cm³/mol. The van der Waals surface area contributed by atoms with Crippen LogP contribution in [0.5, 0.6) is 5.75 Å². The summed E-state index contributed by atoms with van der Waals surface area (Å²) < 4.78 is 6.94. The van der Waals surface area contributed by atoms with Gasteiger partial charge in [-0.25, -0.2) is 4.98 Å². The molecule has 0 N–H and O–H groups in total. The fraction of sp³-hybridized carbons (Fsp3) is 0.182. The van der Waals surface area contributed by atoms with Gasteiger partial charge in [-0.3, -0.25) is 14.2 Å². The normalized spacial score (nSPS) is 11.8. The lowest BCUT2D eigenvalue weighted by molar-refractivity contribution is 0.0683. The van der Waals surface area contributed by atoms with Gasteiger partial charge in [-0.15, -0.1) is 0 Å². The molecule has 0 saturated heterocycles. The Morgan fingerprint density at radius 2 is 1.56 bits per heavy atom. The lowest BCUT2D eigenvalue weighted by Gasteiger charge is -2.31. The highest BCUT2D eigenvalue weighted by Gasteiger charge is 2.27. The molecule has 1 heterocycles. The molecule has 196 valence electrons. The van der Waals surface area contributed by atoms with Crippen LogP contribution in [0, 0.1) is 6.92 Å². The van der Waals surface area contributed by atoms with E-state index < -0.39 is 6.04 Å². The zero-order chi connectivity index (χ0) is 27.4. The Bertz CT molecular complexity index is 1640. The number of amides is 1. The average molecular weight is 518 g/mol. The molecule has 1 atom stereocenters. The molecule has 0 spiro atoms. The summed E-state index contributed by atoms with van der Waals surface area (Å²) in [5.74, 6) is 1.08. The monoisotopic (exact) mass is 517 g/mol.